The minimum atomic E-state index is -4.07. The highest BCUT2D eigenvalue weighted by Gasteiger charge is 2.31. The van der Waals surface area contributed by atoms with Crippen LogP contribution in [-0.4, -0.2) is 24.4 Å². The third-order valence-electron chi connectivity index (χ3n) is 3.99. The van der Waals surface area contributed by atoms with Crippen molar-refractivity contribution in [2.75, 3.05) is 18.8 Å². The van der Waals surface area contributed by atoms with Crippen LogP contribution in [0.5, 0.6) is 0 Å². The Bertz CT molecular complexity index is 245. The van der Waals surface area contributed by atoms with Crippen molar-refractivity contribution in [3.8, 4) is 0 Å². The summed E-state index contributed by atoms with van der Waals surface area (Å²) in [6.07, 6.45) is 5.29. The second kappa shape index (κ2) is 8.40. The Morgan fingerprint density at radius 3 is 2.58 bits per heavy atom. The van der Waals surface area contributed by atoms with Crippen LogP contribution in [0.2, 0.25) is 0 Å². The monoisotopic (exact) mass is 297 g/mol. The predicted molar refractivity (Wildman–Crippen MR) is 76.3 cm³/mol. The Balaban J connectivity index is 2.35. The van der Waals surface area contributed by atoms with Gasteiger partial charge in [-0.2, -0.15) is 13.2 Å². The predicted octanol–water partition coefficient (Wildman–Crippen LogP) is 4.68. The molecule has 114 valence electrons. The topological polar surface area (TPSA) is 12.0 Å². The fraction of sp³-hybridized carbons (Fsp3) is 1.00. The molecule has 0 aromatic rings. The zero-order valence-corrected chi connectivity index (χ0v) is 12.7. The molecule has 0 aliphatic heterocycles. The van der Waals surface area contributed by atoms with Gasteiger partial charge in [-0.1, -0.05) is 32.0 Å². The smallest absolute Gasteiger partial charge is 0.316 e. The Hall–Kier alpha value is 0.100. The van der Waals surface area contributed by atoms with Crippen molar-refractivity contribution in [2.24, 2.45) is 17.8 Å². The third kappa shape index (κ3) is 7.45. The van der Waals surface area contributed by atoms with Crippen LogP contribution in [0.1, 0.15) is 46.0 Å². The fourth-order valence-electron chi connectivity index (χ4n) is 2.97. The highest BCUT2D eigenvalue weighted by Crippen LogP contribution is 2.38. The van der Waals surface area contributed by atoms with Crippen LogP contribution < -0.4 is 5.32 Å². The maximum absolute atomic E-state index is 12.2. The van der Waals surface area contributed by atoms with Crippen LogP contribution >= 0.6 is 11.8 Å². The van der Waals surface area contributed by atoms with Gasteiger partial charge < -0.3 is 5.32 Å². The lowest BCUT2D eigenvalue weighted by Crippen LogP contribution is -2.33. The lowest BCUT2D eigenvalue weighted by molar-refractivity contribution is -0.0329. The summed E-state index contributed by atoms with van der Waals surface area (Å²) < 4.78 is 36.5. The van der Waals surface area contributed by atoms with E-state index in [0.717, 1.165) is 25.9 Å². The zero-order chi connectivity index (χ0) is 14.3. The zero-order valence-electron chi connectivity index (χ0n) is 11.9. The Morgan fingerprint density at radius 2 is 1.95 bits per heavy atom. The van der Waals surface area contributed by atoms with Crippen LogP contribution in [0.25, 0.3) is 0 Å². The minimum absolute atomic E-state index is 0.138. The molecule has 1 N–H and O–H groups in total. The first kappa shape index (κ1) is 17.2. The summed E-state index contributed by atoms with van der Waals surface area (Å²) in [7, 11) is 0. The summed E-state index contributed by atoms with van der Waals surface area (Å²) in [5.74, 6) is 1.91. The number of hydrogen-bond donors (Lipinski definition) is 1. The average Bonchev–Trinajstić information content (AvgIpc) is 2.30. The summed E-state index contributed by atoms with van der Waals surface area (Å²) in [6, 6.07) is 0. The van der Waals surface area contributed by atoms with Gasteiger partial charge in [0.1, 0.15) is 0 Å². The van der Waals surface area contributed by atoms with Gasteiger partial charge in [0, 0.05) is 5.75 Å². The van der Waals surface area contributed by atoms with Gasteiger partial charge in [0.2, 0.25) is 0 Å². The normalized spacial score (nSPS) is 28.6. The summed E-state index contributed by atoms with van der Waals surface area (Å²) >= 11 is 0.138. The molecule has 0 aromatic heterocycles. The first-order valence-corrected chi connectivity index (χ1v) is 8.32. The van der Waals surface area contributed by atoms with Crippen molar-refractivity contribution < 1.29 is 13.2 Å². The molecule has 0 heterocycles. The largest absolute Gasteiger partial charge is 0.441 e. The van der Waals surface area contributed by atoms with Gasteiger partial charge in [0.05, 0.1) is 0 Å². The molecule has 1 nitrogen and oxygen atoms in total. The van der Waals surface area contributed by atoms with Crippen molar-refractivity contribution in [2.45, 2.75) is 51.5 Å². The van der Waals surface area contributed by atoms with E-state index in [9.17, 15) is 13.2 Å². The van der Waals surface area contributed by atoms with Gasteiger partial charge in [-0.25, -0.2) is 0 Å². The van der Waals surface area contributed by atoms with E-state index in [1.54, 1.807) is 0 Å². The van der Waals surface area contributed by atoms with Crippen LogP contribution in [-0.2, 0) is 0 Å². The number of alkyl halides is 3. The quantitative estimate of drug-likeness (QED) is 0.685. The Morgan fingerprint density at radius 1 is 1.21 bits per heavy atom. The van der Waals surface area contributed by atoms with E-state index in [4.69, 9.17) is 0 Å². The fourth-order valence-corrected chi connectivity index (χ4v) is 3.63. The third-order valence-corrected chi connectivity index (χ3v) is 4.76. The first-order valence-electron chi connectivity index (χ1n) is 7.33. The minimum Gasteiger partial charge on any atom is -0.316 e. The molecule has 0 aromatic carbocycles. The Kier molecular flexibility index (Phi) is 7.58. The molecule has 1 aliphatic carbocycles. The molecule has 1 saturated carbocycles. The van der Waals surface area contributed by atoms with E-state index in [-0.39, 0.29) is 17.5 Å². The molecule has 0 amide bonds. The second-order valence-electron chi connectivity index (χ2n) is 5.73. The summed E-state index contributed by atoms with van der Waals surface area (Å²) in [5, 5.41) is 3.43. The lowest BCUT2D eigenvalue weighted by Gasteiger charge is -2.35. The molecule has 19 heavy (non-hydrogen) atoms. The van der Waals surface area contributed by atoms with E-state index in [2.05, 4.69) is 19.2 Å². The molecular weight excluding hydrogens is 271 g/mol. The number of thioether (sulfide) groups is 1. The SMILES string of the molecule is CCCNCC1CCC(C)CC1CCSC(F)(F)F. The van der Waals surface area contributed by atoms with Crippen LogP contribution in [0.4, 0.5) is 13.2 Å². The number of hydrogen-bond acceptors (Lipinski definition) is 2. The first-order chi connectivity index (χ1) is 8.92. The molecule has 0 bridgehead atoms. The molecule has 0 saturated heterocycles. The van der Waals surface area contributed by atoms with Gasteiger partial charge >= 0.3 is 5.51 Å². The number of rotatable bonds is 7. The van der Waals surface area contributed by atoms with E-state index >= 15 is 0 Å². The molecule has 1 fully saturated rings. The molecule has 0 spiro atoms. The highest BCUT2D eigenvalue weighted by atomic mass is 32.2. The van der Waals surface area contributed by atoms with Crippen molar-refractivity contribution in [3.05, 3.63) is 0 Å². The second-order valence-corrected chi connectivity index (χ2v) is 6.89. The van der Waals surface area contributed by atoms with Gasteiger partial charge in [-0.05, 0) is 56.5 Å². The average molecular weight is 297 g/mol. The maximum Gasteiger partial charge on any atom is 0.441 e. The molecule has 3 unspecified atom stereocenters. The van der Waals surface area contributed by atoms with Crippen molar-refractivity contribution in [1.82, 2.24) is 5.32 Å². The van der Waals surface area contributed by atoms with Crippen molar-refractivity contribution in [3.63, 3.8) is 0 Å². The molecular formula is C14H26F3NS. The van der Waals surface area contributed by atoms with E-state index in [1.807, 2.05) is 0 Å². The standard InChI is InChI=1S/C14H26F3NS/c1-3-7-18-10-13-5-4-11(2)9-12(13)6-8-19-14(15,16)17/h11-13,18H,3-10H2,1-2H3. The van der Waals surface area contributed by atoms with E-state index in [0.29, 0.717) is 24.2 Å². The van der Waals surface area contributed by atoms with Gasteiger partial charge in [0.25, 0.3) is 0 Å². The summed E-state index contributed by atoms with van der Waals surface area (Å²) in [5.41, 5.74) is -4.07. The molecule has 1 rings (SSSR count). The van der Waals surface area contributed by atoms with Gasteiger partial charge in [-0.3, -0.25) is 0 Å². The molecule has 5 heteroatoms. The van der Waals surface area contributed by atoms with E-state index in [1.165, 1.54) is 12.8 Å². The van der Waals surface area contributed by atoms with Crippen LogP contribution in [0.15, 0.2) is 0 Å². The van der Waals surface area contributed by atoms with Crippen LogP contribution in [0, 0.1) is 17.8 Å². The molecule has 3 atom stereocenters. The molecule has 0 radical (unpaired) electrons. The van der Waals surface area contributed by atoms with Crippen molar-refractivity contribution >= 4 is 11.8 Å². The number of nitrogens with one attached hydrogen (secondary N) is 1. The van der Waals surface area contributed by atoms with Gasteiger partial charge in [0.15, 0.2) is 0 Å². The van der Waals surface area contributed by atoms with Gasteiger partial charge in [-0.15, -0.1) is 0 Å². The van der Waals surface area contributed by atoms with Crippen molar-refractivity contribution in [1.29, 1.82) is 0 Å². The van der Waals surface area contributed by atoms with Crippen LogP contribution in [0.3, 0.4) is 0 Å². The summed E-state index contributed by atoms with van der Waals surface area (Å²) in [4.78, 5) is 0. The van der Waals surface area contributed by atoms with E-state index < -0.39 is 5.51 Å². The number of halogens is 3. The molecule has 1 aliphatic rings. The highest BCUT2D eigenvalue weighted by molar-refractivity contribution is 8.00. The maximum atomic E-state index is 12.2. The Labute approximate surface area is 119 Å². The summed E-state index contributed by atoms with van der Waals surface area (Å²) in [6.45, 7) is 6.34. The lowest BCUT2D eigenvalue weighted by atomic mass is 9.73.